The maximum atomic E-state index is 13.9. The molecule has 1 nitrogen and oxygen atoms in total. The van der Waals surface area contributed by atoms with E-state index in [1.54, 1.807) is 12.1 Å². The van der Waals surface area contributed by atoms with Crippen molar-refractivity contribution in [3.8, 4) is 0 Å². The van der Waals surface area contributed by atoms with Crippen molar-refractivity contribution in [1.29, 1.82) is 0 Å². The van der Waals surface area contributed by atoms with Crippen LogP contribution in [0.3, 0.4) is 0 Å². The zero-order valence-corrected chi connectivity index (χ0v) is 12.5. The van der Waals surface area contributed by atoms with E-state index in [-0.39, 0.29) is 6.04 Å². The predicted octanol–water partition coefficient (Wildman–Crippen LogP) is 4.42. The minimum atomic E-state index is -0.786. The van der Waals surface area contributed by atoms with Crippen LogP contribution in [0.1, 0.15) is 36.6 Å². The van der Waals surface area contributed by atoms with Crippen LogP contribution in [-0.2, 0) is 12.8 Å². The number of halogens is 2. The Kier molecular flexibility index (Phi) is 5.45. The van der Waals surface area contributed by atoms with Crippen molar-refractivity contribution < 1.29 is 8.78 Å². The lowest BCUT2D eigenvalue weighted by atomic mass is 9.93. The molecular formula is C18H21F2N. The Morgan fingerprint density at radius 3 is 2.38 bits per heavy atom. The minimum Gasteiger partial charge on any atom is -0.310 e. The van der Waals surface area contributed by atoms with Gasteiger partial charge >= 0.3 is 0 Å². The van der Waals surface area contributed by atoms with Gasteiger partial charge in [0.1, 0.15) is 0 Å². The molecule has 2 aromatic rings. The topological polar surface area (TPSA) is 12.0 Å². The predicted molar refractivity (Wildman–Crippen MR) is 82.3 cm³/mol. The molecule has 0 bridgehead atoms. The number of hydrogen-bond donors (Lipinski definition) is 1. The molecule has 0 saturated heterocycles. The van der Waals surface area contributed by atoms with Gasteiger partial charge in [-0.1, -0.05) is 50.2 Å². The molecule has 112 valence electrons. The SMILES string of the molecule is CCNC(Cc1cccc(F)c1F)c1ccccc1CC. The number of rotatable bonds is 6. The third kappa shape index (κ3) is 3.67. The smallest absolute Gasteiger partial charge is 0.162 e. The van der Waals surface area contributed by atoms with Gasteiger partial charge in [-0.25, -0.2) is 8.78 Å². The molecule has 0 spiro atoms. The molecule has 1 unspecified atom stereocenters. The zero-order valence-electron chi connectivity index (χ0n) is 12.5. The van der Waals surface area contributed by atoms with E-state index in [1.807, 2.05) is 19.1 Å². The number of aryl methyl sites for hydroxylation is 1. The van der Waals surface area contributed by atoms with Gasteiger partial charge in [-0.15, -0.1) is 0 Å². The number of nitrogens with one attached hydrogen (secondary N) is 1. The average Bonchev–Trinajstić information content (AvgIpc) is 2.51. The molecule has 2 rings (SSSR count). The van der Waals surface area contributed by atoms with Gasteiger partial charge in [0.2, 0.25) is 0 Å². The summed E-state index contributed by atoms with van der Waals surface area (Å²) in [5, 5.41) is 3.38. The highest BCUT2D eigenvalue weighted by Crippen LogP contribution is 2.24. The number of benzene rings is 2. The lowest BCUT2D eigenvalue weighted by molar-refractivity contribution is 0.480. The molecule has 0 aliphatic heterocycles. The van der Waals surface area contributed by atoms with Crippen LogP contribution in [0.2, 0.25) is 0 Å². The first-order chi connectivity index (χ1) is 10.2. The van der Waals surface area contributed by atoms with E-state index in [9.17, 15) is 8.78 Å². The molecule has 2 aromatic carbocycles. The second-order valence-electron chi connectivity index (χ2n) is 5.08. The molecule has 3 heteroatoms. The normalized spacial score (nSPS) is 12.4. The van der Waals surface area contributed by atoms with E-state index >= 15 is 0 Å². The summed E-state index contributed by atoms with van der Waals surface area (Å²) in [5.41, 5.74) is 2.80. The largest absolute Gasteiger partial charge is 0.310 e. The summed E-state index contributed by atoms with van der Waals surface area (Å²) in [7, 11) is 0. The molecule has 0 radical (unpaired) electrons. The van der Waals surface area contributed by atoms with E-state index in [4.69, 9.17) is 0 Å². The zero-order chi connectivity index (χ0) is 15.2. The quantitative estimate of drug-likeness (QED) is 0.830. The first-order valence-electron chi connectivity index (χ1n) is 7.41. The van der Waals surface area contributed by atoms with Crippen LogP contribution in [0.15, 0.2) is 42.5 Å². The van der Waals surface area contributed by atoms with Gasteiger partial charge in [-0.3, -0.25) is 0 Å². The summed E-state index contributed by atoms with van der Waals surface area (Å²) in [6.45, 7) is 4.90. The minimum absolute atomic E-state index is 0.0116. The van der Waals surface area contributed by atoms with Crippen molar-refractivity contribution in [1.82, 2.24) is 5.32 Å². The highest BCUT2D eigenvalue weighted by atomic mass is 19.2. The summed E-state index contributed by atoms with van der Waals surface area (Å²) in [4.78, 5) is 0. The standard InChI is InChI=1S/C18H21F2N/c1-3-13-8-5-6-10-15(13)17(21-4-2)12-14-9-7-11-16(19)18(14)20/h5-11,17,21H,3-4,12H2,1-2H3. The number of likely N-dealkylation sites (N-methyl/N-ethyl adjacent to an activating group) is 1. The van der Waals surface area contributed by atoms with Crippen LogP contribution >= 0.6 is 0 Å². The van der Waals surface area contributed by atoms with Gasteiger partial charge < -0.3 is 5.32 Å². The molecule has 0 fully saturated rings. The fraction of sp³-hybridized carbons (Fsp3) is 0.333. The average molecular weight is 289 g/mol. The second kappa shape index (κ2) is 7.32. The fourth-order valence-corrected chi connectivity index (χ4v) is 2.66. The highest BCUT2D eigenvalue weighted by molar-refractivity contribution is 5.32. The Balaban J connectivity index is 2.33. The van der Waals surface area contributed by atoms with Crippen LogP contribution in [-0.4, -0.2) is 6.54 Å². The van der Waals surface area contributed by atoms with E-state index in [1.165, 1.54) is 5.56 Å². The lowest BCUT2D eigenvalue weighted by Gasteiger charge is -2.21. The molecule has 0 aliphatic rings. The summed E-state index contributed by atoms with van der Waals surface area (Å²) in [5.74, 6) is -1.53. The maximum absolute atomic E-state index is 13.9. The van der Waals surface area contributed by atoms with Crippen molar-refractivity contribution in [2.45, 2.75) is 32.7 Å². The Morgan fingerprint density at radius 2 is 1.67 bits per heavy atom. The molecule has 1 atom stereocenters. The second-order valence-corrected chi connectivity index (χ2v) is 5.08. The van der Waals surface area contributed by atoms with E-state index in [0.29, 0.717) is 12.0 Å². The van der Waals surface area contributed by atoms with Crippen LogP contribution in [0.25, 0.3) is 0 Å². The van der Waals surface area contributed by atoms with Crippen molar-refractivity contribution >= 4 is 0 Å². The van der Waals surface area contributed by atoms with Crippen LogP contribution in [0, 0.1) is 11.6 Å². The fourth-order valence-electron chi connectivity index (χ4n) is 2.66. The molecule has 0 saturated carbocycles. The molecular weight excluding hydrogens is 268 g/mol. The van der Waals surface area contributed by atoms with Gasteiger partial charge in [0.15, 0.2) is 11.6 Å². The van der Waals surface area contributed by atoms with E-state index in [2.05, 4.69) is 24.4 Å². The summed E-state index contributed by atoms with van der Waals surface area (Å²) >= 11 is 0. The van der Waals surface area contributed by atoms with Crippen molar-refractivity contribution in [3.63, 3.8) is 0 Å². The van der Waals surface area contributed by atoms with Crippen LogP contribution in [0.4, 0.5) is 8.78 Å². The summed E-state index contributed by atoms with van der Waals surface area (Å²) in [6, 6.07) is 12.5. The van der Waals surface area contributed by atoms with Gasteiger partial charge in [-0.2, -0.15) is 0 Å². The van der Waals surface area contributed by atoms with E-state index < -0.39 is 11.6 Å². The Labute approximate surface area is 125 Å². The highest BCUT2D eigenvalue weighted by Gasteiger charge is 2.17. The Hall–Kier alpha value is -1.74. The van der Waals surface area contributed by atoms with Crippen molar-refractivity contribution in [2.75, 3.05) is 6.54 Å². The summed E-state index contributed by atoms with van der Waals surface area (Å²) in [6.07, 6.45) is 1.36. The first kappa shape index (κ1) is 15.6. The molecule has 0 aromatic heterocycles. The van der Waals surface area contributed by atoms with Crippen LogP contribution in [0.5, 0.6) is 0 Å². The maximum Gasteiger partial charge on any atom is 0.162 e. The third-order valence-corrected chi connectivity index (χ3v) is 3.72. The van der Waals surface area contributed by atoms with Crippen LogP contribution < -0.4 is 5.32 Å². The van der Waals surface area contributed by atoms with Gasteiger partial charge in [0.25, 0.3) is 0 Å². The lowest BCUT2D eigenvalue weighted by Crippen LogP contribution is -2.24. The van der Waals surface area contributed by atoms with Gasteiger partial charge in [-0.05, 0) is 42.1 Å². The molecule has 0 amide bonds. The van der Waals surface area contributed by atoms with Crippen molar-refractivity contribution in [2.24, 2.45) is 0 Å². The Bertz CT molecular complexity index is 596. The Morgan fingerprint density at radius 1 is 0.952 bits per heavy atom. The van der Waals surface area contributed by atoms with E-state index in [0.717, 1.165) is 24.6 Å². The molecule has 0 heterocycles. The summed E-state index contributed by atoms with van der Waals surface area (Å²) < 4.78 is 27.3. The monoisotopic (exact) mass is 289 g/mol. The van der Waals surface area contributed by atoms with Gasteiger partial charge in [0, 0.05) is 6.04 Å². The van der Waals surface area contributed by atoms with Crippen molar-refractivity contribution in [3.05, 3.63) is 70.8 Å². The first-order valence-corrected chi connectivity index (χ1v) is 7.41. The molecule has 21 heavy (non-hydrogen) atoms. The molecule has 0 aliphatic carbocycles. The molecule has 1 N–H and O–H groups in total. The number of hydrogen-bond acceptors (Lipinski definition) is 1. The van der Waals surface area contributed by atoms with Gasteiger partial charge in [0.05, 0.1) is 0 Å². The third-order valence-electron chi connectivity index (χ3n) is 3.72.